The molecule has 0 amide bonds. The van der Waals surface area contributed by atoms with Gasteiger partial charge in [0.05, 0.1) is 11.2 Å². The van der Waals surface area contributed by atoms with Gasteiger partial charge < -0.3 is 4.79 Å². The Labute approximate surface area is 115 Å². The van der Waals surface area contributed by atoms with E-state index in [1.807, 2.05) is 48.5 Å². The van der Waals surface area contributed by atoms with Crippen molar-refractivity contribution in [3.05, 3.63) is 65.7 Å². The van der Waals surface area contributed by atoms with Gasteiger partial charge >= 0.3 is 0 Å². The SMILES string of the molecule is O=CC1C(=O)c2ccccc2SC1c1ccccc1. The van der Waals surface area contributed by atoms with E-state index in [-0.39, 0.29) is 11.0 Å². The van der Waals surface area contributed by atoms with Crippen molar-refractivity contribution in [3.63, 3.8) is 0 Å². The molecule has 0 radical (unpaired) electrons. The maximum atomic E-state index is 12.4. The Morgan fingerprint density at radius 2 is 1.63 bits per heavy atom. The van der Waals surface area contributed by atoms with E-state index in [0.29, 0.717) is 5.56 Å². The Bertz CT molecular complexity index is 622. The largest absolute Gasteiger partial charge is 0.303 e. The second kappa shape index (κ2) is 5.02. The Balaban J connectivity index is 2.08. The fourth-order valence-electron chi connectivity index (χ4n) is 2.35. The molecule has 19 heavy (non-hydrogen) atoms. The molecule has 1 heterocycles. The van der Waals surface area contributed by atoms with E-state index >= 15 is 0 Å². The summed E-state index contributed by atoms with van der Waals surface area (Å²) in [4.78, 5) is 24.7. The van der Waals surface area contributed by atoms with E-state index in [9.17, 15) is 9.59 Å². The quantitative estimate of drug-likeness (QED) is 0.617. The summed E-state index contributed by atoms with van der Waals surface area (Å²) in [5, 5.41) is -0.124. The molecule has 2 atom stereocenters. The van der Waals surface area contributed by atoms with Crippen LogP contribution in [0, 0.1) is 5.92 Å². The second-order valence-electron chi connectivity index (χ2n) is 4.47. The summed E-state index contributed by atoms with van der Waals surface area (Å²) in [6.07, 6.45) is 0.781. The van der Waals surface area contributed by atoms with Crippen LogP contribution in [0.25, 0.3) is 0 Å². The Morgan fingerprint density at radius 3 is 2.37 bits per heavy atom. The molecule has 3 heteroatoms. The highest BCUT2D eigenvalue weighted by Gasteiger charge is 2.36. The van der Waals surface area contributed by atoms with Gasteiger partial charge in [0, 0.05) is 10.5 Å². The van der Waals surface area contributed by atoms with E-state index in [1.165, 1.54) is 0 Å². The standard InChI is InChI=1S/C16H12O2S/c17-10-13-15(18)12-8-4-5-9-14(12)19-16(13)11-6-2-1-3-7-11/h1-10,13,16H. The number of fused-ring (bicyclic) bond motifs is 1. The molecule has 2 aromatic rings. The zero-order valence-electron chi connectivity index (χ0n) is 10.2. The fraction of sp³-hybridized carbons (Fsp3) is 0.125. The molecule has 1 aliphatic heterocycles. The first kappa shape index (κ1) is 12.2. The maximum Gasteiger partial charge on any atom is 0.175 e. The van der Waals surface area contributed by atoms with Crippen LogP contribution in [0.3, 0.4) is 0 Å². The number of ketones is 1. The van der Waals surface area contributed by atoms with Crippen molar-refractivity contribution < 1.29 is 9.59 Å². The normalized spacial score (nSPS) is 21.8. The molecular weight excluding hydrogens is 256 g/mol. The number of hydrogen-bond acceptors (Lipinski definition) is 3. The van der Waals surface area contributed by atoms with Gasteiger partial charge in [0.25, 0.3) is 0 Å². The third-order valence-corrected chi connectivity index (χ3v) is 4.74. The van der Waals surface area contributed by atoms with Crippen molar-refractivity contribution >= 4 is 23.8 Å². The molecule has 0 saturated carbocycles. The monoisotopic (exact) mass is 268 g/mol. The Hall–Kier alpha value is -1.87. The number of aldehydes is 1. The van der Waals surface area contributed by atoms with E-state index in [2.05, 4.69) is 0 Å². The molecule has 94 valence electrons. The van der Waals surface area contributed by atoms with Gasteiger partial charge in [0.1, 0.15) is 6.29 Å². The van der Waals surface area contributed by atoms with Crippen LogP contribution >= 0.6 is 11.8 Å². The number of benzene rings is 2. The first-order chi connectivity index (χ1) is 9.31. The lowest BCUT2D eigenvalue weighted by Crippen LogP contribution is -2.26. The average Bonchev–Trinajstić information content (AvgIpc) is 2.48. The van der Waals surface area contributed by atoms with Crippen LogP contribution in [0.2, 0.25) is 0 Å². The highest BCUT2D eigenvalue weighted by molar-refractivity contribution is 7.99. The van der Waals surface area contributed by atoms with E-state index in [0.717, 1.165) is 16.7 Å². The number of hydrogen-bond donors (Lipinski definition) is 0. The van der Waals surface area contributed by atoms with Gasteiger partial charge in [-0.05, 0) is 11.6 Å². The first-order valence-electron chi connectivity index (χ1n) is 6.11. The summed E-state index contributed by atoms with van der Waals surface area (Å²) >= 11 is 1.59. The lowest BCUT2D eigenvalue weighted by atomic mass is 9.91. The number of Topliss-reactive ketones (excluding diaryl/α,β-unsaturated/α-hetero) is 1. The average molecular weight is 268 g/mol. The third kappa shape index (κ3) is 2.10. The van der Waals surface area contributed by atoms with Crippen LogP contribution in [0.4, 0.5) is 0 Å². The molecular formula is C16H12O2S. The molecule has 0 bridgehead atoms. The number of rotatable bonds is 2. The second-order valence-corrected chi connectivity index (χ2v) is 5.65. The van der Waals surface area contributed by atoms with E-state index in [1.54, 1.807) is 17.8 Å². The maximum absolute atomic E-state index is 12.4. The summed E-state index contributed by atoms with van der Waals surface area (Å²) in [5.41, 5.74) is 1.68. The molecule has 2 nitrogen and oxygen atoms in total. The van der Waals surface area contributed by atoms with E-state index < -0.39 is 5.92 Å². The van der Waals surface area contributed by atoms with Gasteiger partial charge in [-0.1, -0.05) is 48.5 Å². The highest BCUT2D eigenvalue weighted by atomic mass is 32.2. The zero-order valence-corrected chi connectivity index (χ0v) is 11.0. The molecule has 0 spiro atoms. The van der Waals surface area contributed by atoms with Crippen molar-refractivity contribution in [2.75, 3.05) is 0 Å². The molecule has 0 fully saturated rings. The molecule has 2 unspecified atom stereocenters. The fourth-order valence-corrected chi connectivity index (χ4v) is 3.71. The predicted octanol–water partition coefficient (Wildman–Crippen LogP) is 3.53. The van der Waals surface area contributed by atoms with E-state index in [4.69, 9.17) is 0 Å². The van der Waals surface area contributed by atoms with Crippen molar-refractivity contribution in [2.45, 2.75) is 10.1 Å². The van der Waals surface area contributed by atoms with Crippen LogP contribution in [-0.2, 0) is 4.79 Å². The molecule has 2 aromatic carbocycles. The number of carbonyl (C=O) groups is 2. The Morgan fingerprint density at radius 1 is 0.947 bits per heavy atom. The summed E-state index contributed by atoms with van der Waals surface area (Å²) in [7, 11) is 0. The van der Waals surface area contributed by atoms with Crippen molar-refractivity contribution in [3.8, 4) is 0 Å². The number of thioether (sulfide) groups is 1. The minimum atomic E-state index is -0.595. The van der Waals surface area contributed by atoms with Crippen LogP contribution in [0.5, 0.6) is 0 Å². The van der Waals surface area contributed by atoms with Crippen molar-refractivity contribution in [2.24, 2.45) is 5.92 Å². The van der Waals surface area contributed by atoms with Crippen LogP contribution in [-0.4, -0.2) is 12.1 Å². The summed E-state index contributed by atoms with van der Waals surface area (Å²) in [6, 6.07) is 17.2. The summed E-state index contributed by atoms with van der Waals surface area (Å²) in [5.74, 6) is -0.666. The summed E-state index contributed by atoms with van der Waals surface area (Å²) in [6.45, 7) is 0. The van der Waals surface area contributed by atoms with Gasteiger partial charge in [-0.25, -0.2) is 0 Å². The van der Waals surface area contributed by atoms with Gasteiger partial charge in [-0.3, -0.25) is 4.79 Å². The minimum Gasteiger partial charge on any atom is -0.303 e. The molecule has 0 aliphatic carbocycles. The van der Waals surface area contributed by atoms with Crippen LogP contribution in [0.15, 0.2) is 59.5 Å². The van der Waals surface area contributed by atoms with Crippen molar-refractivity contribution in [1.82, 2.24) is 0 Å². The Kier molecular flexibility index (Phi) is 3.22. The third-order valence-electron chi connectivity index (χ3n) is 3.31. The molecule has 3 rings (SSSR count). The number of carbonyl (C=O) groups excluding carboxylic acids is 2. The molecule has 0 aromatic heterocycles. The molecule has 0 N–H and O–H groups in total. The lowest BCUT2D eigenvalue weighted by Gasteiger charge is -2.28. The van der Waals surface area contributed by atoms with Crippen LogP contribution < -0.4 is 0 Å². The summed E-state index contributed by atoms with van der Waals surface area (Å²) < 4.78 is 0. The lowest BCUT2D eigenvalue weighted by molar-refractivity contribution is -0.110. The van der Waals surface area contributed by atoms with Gasteiger partial charge in [-0.2, -0.15) is 0 Å². The topological polar surface area (TPSA) is 34.1 Å². The molecule has 1 aliphatic rings. The van der Waals surface area contributed by atoms with Gasteiger partial charge in [0.2, 0.25) is 0 Å². The predicted molar refractivity (Wildman–Crippen MR) is 75.4 cm³/mol. The first-order valence-corrected chi connectivity index (χ1v) is 6.99. The zero-order chi connectivity index (χ0) is 13.2. The minimum absolute atomic E-state index is 0.0711. The van der Waals surface area contributed by atoms with Crippen LogP contribution in [0.1, 0.15) is 21.2 Å². The highest BCUT2D eigenvalue weighted by Crippen LogP contribution is 2.46. The van der Waals surface area contributed by atoms with Gasteiger partial charge in [0.15, 0.2) is 5.78 Å². The smallest absolute Gasteiger partial charge is 0.175 e. The van der Waals surface area contributed by atoms with Gasteiger partial charge in [-0.15, -0.1) is 11.8 Å². The molecule has 0 saturated heterocycles. The van der Waals surface area contributed by atoms with Crippen molar-refractivity contribution in [1.29, 1.82) is 0 Å².